The minimum absolute atomic E-state index is 0.00247. The highest BCUT2D eigenvalue weighted by Crippen LogP contribution is 2.25. The number of nitrogens with zero attached hydrogens (tertiary/aromatic N) is 2. The van der Waals surface area contributed by atoms with E-state index in [0.29, 0.717) is 5.89 Å². The van der Waals surface area contributed by atoms with Crippen molar-refractivity contribution in [3.05, 3.63) is 22.2 Å². The summed E-state index contributed by atoms with van der Waals surface area (Å²) in [5, 5.41) is 20.0. The third kappa shape index (κ3) is 2.89. The lowest BCUT2D eigenvalue weighted by Gasteiger charge is -1.95. The van der Waals surface area contributed by atoms with Crippen LogP contribution < -0.4 is 0 Å². The van der Waals surface area contributed by atoms with Crippen LogP contribution in [-0.4, -0.2) is 27.9 Å². The normalized spacial score (nSPS) is 10.6. The Morgan fingerprint density at radius 3 is 3.00 bits per heavy atom. The van der Waals surface area contributed by atoms with Crippen LogP contribution in [0.1, 0.15) is 11.5 Å². The maximum Gasteiger partial charge on any atom is 0.329 e. The lowest BCUT2D eigenvalue weighted by molar-refractivity contribution is -0.142. The van der Waals surface area contributed by atoms with Gasteiger partial charge in [0, 0.05) is 5.38 Å². The molecule has 0 radical (unpaired) electrons. The van der Waals surface area contributed by atoms with E-state index in [2.05, 4.69) is 10.2 Å². The summed E-state index contributed by atoms with van der Waals surface area (Å²) in [6.45, 7) is 1.58. The SMILES string of the molecule is Cc1cscc1-c1nnc(COCC(=O)O)o1. The lowest BCUT2D eigenvalue weighted by atomic mass is 10.2. The molecule has 0 aliphatic rings. The highest BCUT2D eigenvalue weighted by molar-refractivity contribution is 7.08. The minimum atomic E-state index is -1.03. The summed E-state index contributed by atoms with van der Waals surface area (Å²) < 4.78 is 10.2. The molecular formula is C10H10N2O4S. The first kappa shape index (κ1) is 11.7. The number of hydrogen-bond donors (Lipinski definition) is 1. The molecule has 0 bridgehead atoms. The first-order valence-electron chi connectivity index (χ1n) is 4.82. The molecule has 0 saturated carbocycles. The van der Waals surface area contributed by atoms with Crippen molar-refractivity contribution in [3.8, 4) is 11.5 Å². The summed E-state index contributed by atoms with van der Waals surface area (Å²) in [4.78, 5) is 10.2. The van der Waals surface area contributed by atoms with Crippen LogP contribution in [0, 0.1) is 6.92 Å². The summed E-state index contributed by atoms with van der Waals surface area (Å²) in [6.07, 6.45) is 0. The lowest BCUT2D eigenvalue weighted by Crippen LogP contribution is -2.06. The Morgan fingerprint density at radius 1 is 1.53 bits per heavy atom. The number of aliphatic carboxylic acids is 1. The fourth-order valence-electron chi connectivity index (χ4n) is 1.23. The summed E-state index contributed by atoms with van der Waals surface area (Å²) >= 11 is 1.56. The van der Waals surface area contributed by atoms with Gasteiger partial charge in [-0.2, -0.15) is 11.3 Å². The number of aryl methyl sites for hydroxylation is 1. The third-order valence-corrected chi connectivity index (χ3v) is 2.87. The number of rotatable bonds is 5. The Hall–Kier alpha value is -1.73. The van der Waals surface area contributed by atoms with Gasteiger partial charge in [-0.15, -0.1) is 10.2 Å². The Balaban J connectivity index is 2.01. The molecule has 2 heterocycles. The van der Waals surface area contributed by atoms with Gasteiger partial charge in [0.2, 0.25) is 11.8 Å². The molecule has 0 fully saturated rings. The van der Waals surface area contributed by atoms with E-state index in [1.807, 2.05) is 17.7 Å². The number of ether oxygens (including phenoxy) is 1. The second-order valence-electron chi connectivity index (χ2n) is 3.36. The van der Waals surface area contributed by atoms with Gasteiger partial charge in [0.05, 0.1) is 5.56 Å². The number of carbonyl (C=O) groups is 1. The maximum atomic E-state index is 10.2. The van der Waals surface area contributed by atoms with Gasteiger partial charge in [-0.3, -0.25) is 0 Å². The first-order chi connectivity index (χ1) is 8.16. The zero-order chi connectivity index (χ0) is 12.3. The monoisotopic (exact) mass is 254 g/mol. The van der Waals surface area contributed by atoms with E-state index in [4.69, 9.17) is 14.3 Å². The van der Waals surface area contributed by atoms with Gasteiger partial charge >= 0.3 is 5.97 Å². The highest BCUT2D eigenvalue weighted by Gasteiger charge is 2.11. The molecule has 17 heavy (non-hydrogen) atoms. The van der Waals surface area contributed by atoms with Crippen LogP contribution in [0.2, 0.25) is 0 Å². The second kappa shape index (κ2) is 5.07. The number of aromatic nitrogens is 2. The molecular weight excluding hydrogens is 244 g/mol. The van der Waals surface area contributed by atoms with Crippen LogP contribution in [0.5, 0.6) is 0 Å². The summed E-state index contributed by atoms with van der Waals surface area (Å²) in [5.74, 6) is -0.331. The average molecular weight is 254 g/mol. The van der Waals surface area contributed by atoms with Crippen molar-refractivity contribution in [1.82, 2.24) is 10.2 Å². The molecule has 0 atom stereocenters. The van der Waals surface area contributed by atoms with Gasteiger partial charge in [0.15, 0.2) is 0 Å². The van der Waals surface area contributed by atoms with Crippen molar-refractivity contribution < 1.29 is 19.1 Å². The molecule has 0 aliphatic carbocycles. The van der Waals surface area contributed by atoms with E-state index in [1.165, 1.54) is 0 Å². The zero-order valence-electron chi connectivity index (χ0n) is 9.04. The van der Waals surface area contributed by atoms with Crippen molar-refractivity contribution in [1.29, 1.82) is 0 Å². The Bertz CT molecular complexity index is 520. The average Bonchev–Trinajstić information content (AvgIpc) is 2.86. The Kier molecular flexibility index (Phi) is 3.50. The summed E-state index contributed by atoms with van der Waals surface area (Å²) in [5.41, 5.74) is 1.96. The molecule has 2 aromatic heterocycles. The van der Waals surface area contributed by atoms with E-state index < -0.39 is 5.97 Å². The van der Waals surface area contributed by atoms with Crippen LogP contribution >= 0.6 is 11.3 Å². The molecule has 90 valence electrons. The number of carboxylic acid groups (broad SMARTS) is 1. The van der Waals surface area contributed by atoms with Gasteiger partial charge in [0.1, 0.15) is 13.2 Å². The zero-order valence-corrected chi connectivity index (χ0v) is 9.86. The Labute approximate surface area is 101 Å². The topological polar surface area (TPSA) is 85.5 Å². The summed E-state index contributed by atoms with van der Waals surface area (Å²) in [6, 6.07) is 0. The molecule has 1 N–H and O–H groups in total. The molecule has 0 amide bonds. The van der Waals surface area contributed by atoms with Gasteiger partial charge in [-0.05, 0) is 17.9 Å². The molecule has 2 rings (SSSR count). The predicted molar refractivity (Wildman–Crippen MR) is 59.6 cm³/mol. The Morgan fingerprint density at radius 2 is 2.35 bits per heavy atom. The molecule has 0 aromatic carbocycles. The summed E-state index contributed by atoms with van der Waals surface area (Å²) in [7, 11) is 0. The standard InChI is InChI=1S/C10H10N2O4S/c1-6-4-17-5-7(6)10-12-11-8(16-10)2-15-3-9(13)14/h4-5H,2-3H2,1H3,(H,13,14). The number of hydrogen-bond acceptors (Lipinski definition) is 6. The fraction of sp³-hybridized carbons (Fsp3) is 0.300. The van der Waals surface area contributed by atoms with Crippen LogP contribution in [0.3, 0.4) is 0 Å². The largest absolute Gasteiger partial charge is 0.480 e. The van der Waals surface area contributed by atoms with Crippen molar-refractivity contribution in [3.63, 3.8) is 0 Å². The molecule has 0 unspecified atom stereocenters. The predicted octanol–water partition coefficient (Wildman–Crippen LogP) is 1.71. The molecule has 0 spiro atoms. The molecule has 7 heteroatoms. The van der Waals surface area contributed by atoms with Gasteiger partial charge < -0.3 is 14.3 Å². The molecule has 6 nitrogen and oxygen atoms in total. The van der Waals surface area contributed by atoms with Crippen molar-refractivity contribution >= 4 is 17.3 Å². The minimum Gasteiger partial charge on any atom is -0.480 e. The van der Waals surface area contributed by atoms with Crippen LogP contribution in [-0.2, 0) is 16.1 Å². The second-order valence-corrected chi connectivity index (χ2v) is 4.10. The molecule has 0 saturated heterocycles. The van der Waals surface area contributed by atoms with E-state index in [1.54, 1.807) is 11.3 Å². The van der Waals surface area contributed by atoms with Crippen LogP contribution in [0.15, 0.2) is 15.2 Å². The van der Waals surface area contributed by atoms with Gasteiger partial charge in [-0.25, -0.2) is 4.79 Å². The van der Waals surface area contributed by atoms with Crippen molar-refractivity contribution in [2.24, 2.45) is 0 Å². The van der Waals surface area contributed by atoms with Crippen molar-refractivity contribution in [2.45, 2.75) is 13.5 Å². The van der Waals surface area contributed by atoms with E-state index in [-0.39, 0.29) is 19.1 Å². The maximum absolute atomic E-state index is 10.2. The van der Waals surface area contributed by atoms with E-state index in [0.717, 1.165) is 11.1 Å². The smallest absolute Gasteiger partial charge is 0.329 e. The van der Waals surface area contributed by atoms with Gasteiger partial charge in [0.25, 0.3) is 0 Å². The number of thiophene rings is 1. The van der Waals surface area contributed by atoms with Crippen molar-refractivity contribution in [2.75, 3.05) is 6.61 Å². The first-order valence-corrected chi connectivity index (χ1v) is 5.76. The highest BCUT2D eigenvalue weighted by atomic mass is 32.1. The fourth-order valence-corrected chi connectivity index (χ4v) is 2.05. The van der Waals surface area contributed by atoms with Gasteiger partial charge in [-0.1, -0.05) is 0 Å². The molecule has 2 aromatic rings. The molecule has 0 aliphatic heterocycles. The number of carboxylic acids is 1. The van der Waals surface area contributed by atoms with E-state index >= 15 is 0 Å². The van der Waals surface area contributed by atoms with Crippen LogP contribution in [0.25, 0.3) is 11.5 Å². The quantitative estimate of drug-likeness (QED) is 0.874. The third-order valence-electron chi connectivity index (χ3n) is 2.00. The van der Waals surface area contributed by atoms with E-state index in [9.17, 15) is 4.79 Å². The van der Waals surface area contributed by atoms with Crippen LogP contribution in [0.4, 0.5) is 0 Å².